The maximum Gasteiger partial charge on any atom is 0.133 e. The molecule has 0 fully saturated rings. The van der Waals surface area contributed by atoms with Crippen LogP contribution in [0.2, 0.25) is 0 Å². The molecule has 0 amide bonds. The molecule has 0 aliphatic rings. The Morgan fingerprint density at radius 2 is 2.28 bits per heavy atom. The van der Waals surface area contributed by atoms with Crippen molar-refractivity contribution in [3.8, 4) is 5.75 Å². The Labute approximate surface area is 119 Å². The summed E-state index contributed by atoms with van der Waals surface area (Å²) >= 11 is 5.23. The number of benzene rings is 1. The summed E-state index contributed by atoms with van der Waals surface area (Å²) in [6, 6.07) is 10.3. The first-order valence-electron chi connectivity index (χ1n) is 5.56. The van der Waals surface area contributed by atoms with Crippen molar-refractivity contribution in [1.29, 1.82) is 0 Å². The summed E-state index contributed by atoms with van der Waals surface area (Å²) in [5, 5.41) is 2.08. The maximum absolute atomic E-state index is 5.65. The van der Waals surface area contributed by atoms with Crippen molar-refractivity contribution in [2.24, 2.45) is 5.84 Å². The molecule has 3 N–H and O–H groups in total. The minimum atomic E-state index is 0.103. The second kappa shape index (κ2) is 6.33. The fourth-order valence-electron chi connectivity index (χ4n) is 1.80. The van der Waals surface area contributed by atoms with Gasteiger partial charge in [-0.05, 0) is 45.1 Å². The molecule has 0 radical (unpaired) electrons. The molecule has 3 nitrogen and oxygen atoms in total. The zero-order valence-electron chi connectivity index (χ0n) is 10.0. The van der Waals surface area contributed by atoms with Gasteiger partial charge in [-0.1, -0.05) is 12.1 Å². The van der Waals surface area contributed by atoms with Gasteiger partial charge < -0.3 is 4.74 Å². The summed E-state index contributed by atoms with van der Waals surface area (Å²) < 4.78 is 6.16. The quantitative estimate of drug-likeness (QED) is 0.654. The zero-order chi connectivity index (χ0) is 13.0. The molecule has 1 atom stereocenters. The fraction of sp³-hybridized carbons (Fsp3) is 0.231. The van der Waals surface area contributed by atoms with Gasteiger partial charge in [0, 0.05) is 11.3 Å². The van der Waals surface area contributed by atoms with Crippen LogP contribution < -0.4 is 16.0 Å². The van der Waals surface area contributed by atoms with E-state index in [1.165, 1.54) is 4.88 Å². The number of ether oxygens (including phenoxy) is 1. The topological polar surface area (TPSA) is 47.3 Å². The van der Waals surface area contributed by atoms with Crippen molar-refractivity contribution in [3.63, 3.8) is 0 Å². The molecule has 0 spiro atoms. The number of methoxy groups -OCH3 is 1. The molecule has 0 bridgehead atoms. The van der Waals surface area contributed by atoms with E-state index >= 15 is 0 Å². The van der Waals surface area contributed by atoms with Crippen LogP contribution in [0.15, 0.2) is 40.2 Å². The second-order valence-corrected chi connectivity index (χ2v) is 5.78. The molecule has 1 unspecified atom stereocenters. The van der Waals surface area contributed by atoms with Crippen molar-refractivity contribution in [2.45, 2.75) is 12.5 Å². The van der Waals surface area contributed by atoms with Crippen molar-refractivity contribution in [1.82, 2.24) is 5.43 Å². The van der Waals surface area contributed by atoms with Gasteiger partial charge in [-0.3, -0.25) is 11.3 Å². The lowest BCUT2D eigenvalue weighted by atomic mass is 10.0. The summed E-state index contributed by atoms with van der Waals surface area (Å²) in [4.78, 5) is 1.31. The van der Waals surface area contributed by atoms with E-state index in [0.29, 0.717) is 0 Å². The Hall–Kier alpha value is -0.880. The number of halogens is 1. The Kier molecular flexibility index (Phi) is 4.77. The van der Waals surface area contributed by atoms with Crippen LogP contribution in [0.1, 0.15) is 16.5 Å². The number of rotatable bonds is 5. The first kappa shape index (κ1) is 13.5. The van der Waals surface area contributed by atoms with E-state index in [-0.39, 0.29) is 6.04 Å². The van der Waals surface area contributed by atoms with Crippen LogP contribution in [0.5, 0.6) is 5.75 Å². The predicted molar refractivity (Wildman–Crippen MR) is 78.8 cm³/mol. The van der Waals surface area contributed by atoms with Crippen LogP contribution in [0.3, 0.4) is 0 Å². The molecule has 0 saturated carbocycles. The molecular formula is C13H15BrN2OS. The van der Waals surface area contributed by atoms with Gasteiger partial charge in [-0.2, -0.15) is 0 Å². The van der Waals surface area contributed by atoms with Gasteiger partial charge in [0.2, 0.25) is 0 Å². The molecular weight excluding hydrogens is 312 g/mol. The van der Waals surface area contributed by atoms with E-state index in [1.54, 1.807) is 18.4 Å². The van der Waals surface area contributed by atoms with Crippen molar-refractivity contribution in [2.75, 3.05) is 7.11 Å². The molecule has 5 heteroatoms. The molecule has 96 valence electrons. The number of nitrogens with one attached hydrogen (secondary N) is 1. The number of hydrogen-bond acceptors (Lipinski definition) is 4. The molecule has 18 heavy (non-hydrogen) atoms. The largest absolute Gasteiger partial charge is 0.496 e. The molecule has 0 aliphatic heterocycles. The summed E-state index contributed by atoms with van der Waals surface area (Å²) in [5.74, 6) is 6.47. The Morgan fingerprint density at radius 1 is 1.44 bits per heavy atom. The van der Waals surface area contributed by atoms with Gasteiger partial charge in [0.1, 0.15) is 5.75 Å². The van der Waals surface area contributed by atoms with E-state index in [2.05, 4.69) is 38.9 Å². The van der Waals surface area contributed by atoms with Crippen LogP contribution in [-0.2, 0) is 6.42 Å². The van der Waals surface area contributed by atoms with Crippen molar-refractivity contribution < 1.29 is 4.74 Å². The zero-order valence-corrected chi connectivity index (χ0v) is 12.4. The Bertz CT molecular complexity index is 502. The van der Waals surface area contributed by atoms with Crippen molar-refractivity contribution in [3.05, 3.63) is 50.6 Å². The average Bonchev–Trinajstić information content (AvgIpc) is 2.88. The van der Waals surface area contributed by atoms with E-state index in [1.807, 2.05) is 18.2 Å². The van der Waals surface area contributed by atoms with Crippen molar-refractivity contribution >= 4 is 27.3 Å². The molecule has 1 aromatic heterocycles. The first-order chi connectivity index (χ1) is 8.74. The van der Waals surface area contributed by atoms with Gasteiger partial charge >= 0.3 is 0 Å². The normalized spacial score (nSPS) is 12.4. The van der Waals surface area contributed by atoms with Gasteiger partial charge in [-0.25, -0.2) is 0 Å². The number of nitrogens with two attached hydrogens (primary N) is 1. The summed E-state index contributed by atoms with van der Waals surface area (Å²) in [7, 11) is 1.66. The van der Waals surface area contributed by atoms with Gasteiger partial charge in [0.25, 0.3) is 0 Å². The maximum atomic E-state index is 5.65. The lowest BCUT2D eigenvalue weighted by Crippen LogP contribution is -2.29. The molecule has 2 aromatic rings. The second-order valence-electron chi connectivity index (χ2n) is 3.90. The predicted octanol–water partition coefficient (Wildman–Crippen LogP) is 3.27. The Morgan fingerprint density at radius 3 is 2.83 bits per heavy atom. The SMILES string of the molecule is COc1ccc(C(Cc2cccs2)NN)cc1Br. The highest BCUT2D eigenvalue weighted by atomic mass is 79.9. The highest BCUT2D eigenvalue weighted by molar-refractivity contribution is 9.10. The monoisotopic (exact) mass is 326 g/mol. The van der Waals surface area contributed by atoms with Gasteiger partial charge in [-0.15, -0.1) is 11.3 Å². The highest BCUT2D eigenvalue weighted by Gasteiger charge is 2.13. The summed E-state index contributed by atoms with van der Waals surface area (Å²) in [6.45, 7) is 0. The third kappa shape index (κ3) is 3.11. The average molecular weight is 327 g/mol. The molecule has 0 saturated heterocycles. The highest BCUT2D eigenvalue weighted by Crippen LogP contribution is 2.29. The van der Waals surface area contributed by atoms with Crippen LogP contribution in [-0.4, -0.2) is 7.11 Å². The first-order valence-corrected chi connectivity index (χ1v) is 7.24. The minimum absolute atomic E-state index is 0.103. The molecule has 1 heterocycles. The summed E-state index contributed by atoms with van der Waals surface area (Å²) in [5.41, 5.74) is 4.00. The minimum Gasteiger partial charge on any atom is -0.496 e. The smallest absolute Gasteiger partial charge is 0.133 e. The van der Waals surface area contributed by atoms with Gasteiger partial charge in [0.15, 0.2) is 0 Å². The third-order valence-electron chi connectivity index (χ3n) is 2.76. The lowest BCUT2D eigenvalue weighted by Gasteiger charge is -2.16. The standard InChI is InChI=1S/C13H15BrN2OS/c1-17-13-5-4-9(7-11(13)14)12(16-15)8-10-3-2-6-18-10/h2-7,12,16H,8,15H2,1H3. The fourth-order valence-corrected chi connectivity index (χ4v) is 3.11. The Balaban J connectivity index is 2.19. The van der Waals surface area contributed by atoms with Crippen LogP contribution in [0, 0.1) is 0 Å². The van der Waals surface area contributed by atoms with Crippen LogP contribution >= 0.6 is 27.3 Å². The third-order valence-corrected chi connectivity index (χ3v) is 4.28. The molecule has 1 aromatic carbocycles. The molecule has 0 aliphatic carbocycles. The summed E-state index contributed by atoms with van der Waals surface area (Å²) in [6.07, 6.45) is 0.882. The van der Waals surface area contributed by atoms with E-state index < -0.39 is 0 Å². The molecule has 2 rings (SSSR count). The van der Waals surface area contributed by atoms with E-state index in [9.17, 15) is 0 Å². The van der Waals surface area contributed by atoms with Crippen LogP contribution in [0.25, 0.3) is 0 Å². The number of thiophene rings is 1. The van der Waals surface area contributed by atoms with Gasteiger partial charge in [0.05, 0.1) is 17.6 Å². The number of hydrogen-bond donors (Lipinski definition) is 2. The number of hydrazine groups is 1. The van der Waals surface area contributed by atoms with E-state index in [0.717, 1.165) is 22.2 Å². The van der Waals surface area contributed by atoms with Crippen LogP contribution in [0.4, 0.5) is 0 Å². The lowest BCUT2D eigenvalue weighted by molar-refractivity contribution is 0.411. The van der Waals surface area contributed by atoms with E-state index in [4.69, 9.17) is 10.6 Å².